The number of ether oxygens (including phenoxy) is 1. The van der Waals surface area contributed by atoms with Crippen LogP contribution in [-0.4, -0.2) is 30.9 Å². The summed E-state index contributed by atoms with van der Waals surface area (Å²) in [5, 5.41) is 6.24. The summed E-state index contributed by atoms with van der Waals surface area (Å²) in [4.78, 5) is 23.1. The number of pyridine rings is 3. The molecule has 4 aromatic heterocycles. The van der Waals surface area contributed by atoms with Crippen LogP contribution in [0.25, 0.3) is 44.2 Å². The standard InChI is InChI=1S/C26H21N5O2/c1-3-33-23-11-7-18-15-31(20-8-10-22-19(12-20)14-30(2)29-22)26(32)24(25(18)28-23)17-6-9-21(27-13-17)16-4-5-16/h4,6-15H,3,5H2,1-2H3. The Balaban J connectivity index is 1.60. The van der Waals surface area contributed by atoms with Gasteiger partial charge in [0.05, 0.1) is 28.9 Å². The maximum Gasteiger partial charge on any atom is 0.265 e. The largest absolute Gasteiger partial charge is 0.478 e. The van der Waals surface area contributed by atoms with Gasteiger partial charge in [-0.05, 0) is 49.2 Å². The van der Waals surface area contributed by atoms with E-state index in [0.717, 1.165) is 39.7 Å². The van der Waals surface area contributed by atoms with E-state index in [4.69, 9.17) is 4.74 Å². The fourth-order valence-electron chi connectivity index (χ4n) is 4.13. The van der Waals surface area contributed by atoms with Gasteiger partial charge in [0.2, 0.25) is 5.88 Å². The van der Waals surface area contributed by atoms with Crippen LogP contribution in [0.1, 0.15) is 19.0 Å². The molecule has 0 unspecified atom stereocenters. The van der Waals surface area contributed by atoms with Crippen molar-refractivity contribution in [2.75, 3.05) is 6.61 Å². The van der Waals surface area contributed by atoms with Gasteiger partial charge < -0.3 is 4.74 Å². The lowest BCUT2D eigenvalue weighted by Gasteiger charge is -2.13. The number of aryl methyl sites for hydroxylation is 1. The summed E-state index contributed by atoms with van der Waals surface area (Å²) in [6.45, 7) is 2.41. The van der Waals surface area contributed by atoms with Crippen LogP contribution in [0.5, 0.6) is 5.88 Å². The molecule has 0 bridgehead atoms. The van der Waals surface area contributed by atoms with E-state index in [1.54, 1.807) is 15.4 Å². The molecule has 0 saturated heterocycles. The monoisotopic (exact) mass is 435 g/mol. The van der Waals surface area contributed by atoms with Gasteiger partial charge in [0.25, 0.3) is 5.56 Å². The first-order valence-electron chi connectivity index (χ1n) is 10.9. The van der Waals surface area contributed by atoms with Gasteiger partial charge in [-0.3, -0.25) is 19.0 Å². The van der Waals surface area contributed by atoms with Gasteiger partial charge in [-0.25, -0.2) is 4.98 Å². The van der Waals surface area contributed by atoms with E-state index in [9.17, 15) is 4.79 Å². The molecule has 162 valence electrons. The molecule has 0 saturated carbocycles. The molecular formula is C26H21N5O2. The van der Waals surface area contributed by atoms with E-state index >= 15 is 0 Å². The van der Waals surface area contributed by atoms with Crippen molar-refractivity contribution in [2.45, 2.75) is 13.3 Å². The Kier molecular flexibility index (Phi) is 4.36. The smallest absolute Gasteiger partial charge is 0.265 e. The second kappa shape index (κ2) is 7.41. The molecule has 0 aliphatic heterocycles. The normalized spacial score (nSPS) is 12.8. The summed E-state index contributed by atoms with van der Waals surface area (Å²) in [7, 11) is 1.88. The van der Waals surface area contributed by atoms with Crippen LogP contribution in [0.4, 0.5) is 0 Å². The average molecular weight is 435 g/mol. The summed E-state index contributed by atoms with van der Waals surface area (Å²) in [6.07, 6.45) is 8.64. The number of hydrogen-bond donors (Lipinski definition) is 0. The highest BCUT2D eigenvalue weighted by Gasteiger charge is 2.18. The molecule has 6 rings (SSSR count). The molecule has 1 aliphatic carbocycles. The maximum atomic E-state index is 13.8. The second-order valence-electron chi connectivity index (χ2n) is 8.11. The van der Waals surface area contributed by atoms with Crippen molar-refractivity contribution >= 4 is 27.4 Å². The van der Waals surface area contributed by atoms with Gasteiger partial charge >= 0.3 is 0 Å². The highest BCUT2D eigenvalue weighted by Crippen LogP contribution is 2.31. The molecule has 0 spiro atoms. The zero-order valence-electron chi connectivity index (χ0n) is 18.3. The van der Waals surface area contributed by atoms with E-state index in [-0.39, 0.29) is 5.56 Å². The molecule has 0 amide bonds. The van der Waals surface area contributed by atoms with Crippen molar-refractivity contribution < 1.29 is 4.74 Å². The van der Waals surface area contributed by atoms with Crippen LogP contribution in [0, 0.1) is 0 Å². The van der Waals surface area contributed by atoms with Crippen LogP contribution >= 0.6 is 0 Å². The molecule has 33 heavy (non-hydrogen) atoms. The predicted molar refractivity (Wildman–Crippen MR) is 129 cm³/mol. The van der Waals surface area contributed by atoms with Crippen LogP contribution in [-0.2, 0) is 7.05 Å². The number of benzene rings is 1. The number of hydrogen-bond acceptors (Lipinski definition) is 5. The van der Waals surface area contributed by atoms with Gasteiger partial charge in [-0.1, -0.05) is 12.1 Å². The Labute approximate surface area is 189 Å². The van der Waals surface area contributed by atoms with Crippen molar-refractivity contribution in [1.82, 2.24) is 24.3 Å². The zero-order valence-corrected chi connectivity index (χ0v) is 18.3. The second-order valence-corrected chi connectivity index (χ2v) is 8.11. The predicted octanol–water partition coefficient (Wildman–Crippen LogP) is 4.52. The SMILES string of the molecule is CCOc1ccc2cn(-c3ccc4nn(C)cc4c3)c(=O)c(-c3ccc(C4=CC4)nc3)c2n1. The molecule has 7 heteroatoms. The first kappa shape index (κ1) is 19.4. The van der Waals surface area contributed by atoms with Crippen LogP contribution in [0.3, 0.4) is 0 Å². The van der Waals surface area contributed by atoms with Gasteiger partial charge in [-0.15, -0.1) is 0 Å². The first-order valence-corrected chi connectivity index (χ1v) is 10.9. The summed E-state index contributed by atoms with van der Waals surface area (Å²) < 4.78 is 9.06. The van der Waals surface area contributed by atoms with E-state index in [2.05, 4.69) is 21.1 Å². The van der Waals surface area contributed by atoms with E-state index in [1.165, 1.54) is 5.57 Å². The molecule has 7 nitrogen and oxygen atoms in total. The van der Waals surface area contributed by atoms with Crippen LogP contribution in [0.2, 0.25) is 0 Å². The Morgan fingerprint density at radius 2 is 1.94 bits per heavy atom. The number of nitrogens with zero attached hydrogens (tertiary/aromatic N) is 5. The van der Waals surface area contributed by atoms with Crippen LogP contribution < -0.4 is 10.3 Å². The Morgan fingerprint density at radius 1 is 1.06 bits per heavy atom. The lowest BCUT2D eigenvalue weighted by atomic mass is 10.0. The first-order chi connectivity index (χ1) is 16.1. The third kappa shape index (κ3) is 3.38. The quantitative estimate of drug-likeness (QED) is 0.406. The topological polar surface area (TPSA) is 74.8 Å². The fraction of sp³-hybridized carbons (Fsp3) is 0.154. The zero-order chi connectivity index (χ0) is 22.5. The summed E-state index contributed by atoms with van der Waals surface area (Å²) >= 11 is 0. The highest BCUT2D eigenvalue weighted by molar-refractivity contribution is 5.93. The number of aromatic nitrogens is 5. The van der Waals surface area contributed by atoms with E-state index < -0.39 is 0 Å². The van der Waals surface area contributed by atoms with E-state index in [0.29, 0.717) is 23.6 Å². The molecule has 0 N–H and O–H groups in total. The summed E-state index contributed by atoms with van der Waals surface area (Å²) in [5.74, 6) is 0.493. The van der Waals surface area contributed by atoms with Crippen molar-refractivity contribution in [1.29, 1.82) is 0 Å². The van der Waals surface area contributed by atoms with Crippen molar-refractivity contribution in [3.8, 4) is 22.7 Å². The van der Waals surface area contributed by atoms with Crippen molar-refractivity contribution in [2.24, 2.45) is 7.05 Å². The average Bonchev–Trinajstić information content (AvgIpc) is 3.60. The Morgan fingerprint density at radius 3 is 2.70 bits per heavy atom. The van der Waals surface area contributed by atoms with Gasteiger partial charge in [0, 0.05) is 53.7 Å². The van der Waals surface area contributed by atoms with Gasteiger partial charge in [0.1, 0.15) is 0 Å². The van der Waals surface area contributed by atoms with Crippen LogP contribution in [0.15, 0.2) is 71.9 Å². The minimum Gasteiger partial charge on any atom is -0.478 e. The lowest BCUT2D eigenvalue weighted by Crippen LogP contribution is -2.20. The molecule has 5 aromatic rings. The third-order valence-electron chi connectivity index (χ3n) is 5.80. The molecule has 0 radical (unpaired) electrons. The molecule has 0 fully saturated rings. The number of allylic oxidation sites excluding steroid dienone is 2. The maximum absolute atomic E-state index is 13.8. The molecule has 0 atom stereocenters. The van der Waals surface area contributed by atoms with Crippen molar-refractivity contribution in [3.05, 3.63) is 83.2 Å². The number of rotatable bonds is 5. The third-order valence-corrected chi connectivity index (χ3v) is 5.80. The summed E-state index contributed by atoms with van der Waals surface area (Å²) in [5.41, 5.74) is 5.51. The Bertz CT molecular complexity index is 1630. The number of fused-ring (bicyclic) bond motifs is 2. The fourth-order valence-corrected chi connectivity index (χ4v) is 4.13. The minimum absolute atomic E-state index is 0.160. The van der Waals surface area contributed by atoms with E-state index in [1.807, 2.05) is 68.8 Å². The van der Waals surface area contributed by atoms with Gasteiger partial charge in [0.15, 0.2) is 0 Å². The molecule has 1 aromatic carbocycles. The van der Waals surface area contributed by atoms with Crippen molar-refractivity contribution in [3.63, 3.8) is 0 Å². The highest BCUT2D eigenvalue weighted by atomic mass is 16.5. The molecular weight excluding hydrogens is 414 g/mol. The molecule has 1 aliphatic rings. The van der Waals surface area contributed by atoms with Gasteiger partial charge in [-0.2, -0.15) is 5.10 Å². The lowest BCUT2D eigenvalue weighted by molar-refractivity contribution is 0.328. The molecule has 4 heterocycles. The summed E-state index contributed by atoms with van der Waals surface area (Å²) in [6, 6.07) is 13.5. The Hall–Kier alpha value is -4.26. The minimum atomic E-state index is -0.160.